The zero-order valence-corrected chi connectivity index (χ0v) is 18.1. The van der Waals surface area contributed by atoms with Crippen LogP contribution in [0.4, 0.5) is 0 Å². The highest BCUT2D eigenvalue weighted by molar-refractivity contribution is 8.00. The minimum atomic E-state index is -0.910. The maximum atomic E-state index is 13.0. The van der Waals surface area contributed by atoms with Crippen LogP contribution in [0.2, 0.25) is 0 Å². The predicted molar refractivity (Wildman–Crippen MR) is 111 cm³/mol. The van der Waals surface area contributed by atoms with Gasteiger partial charge in [-0.05, 0) is 50.8 Å². The molecule has 0 spiro atoms. The fraction of sp³-hybridized carbons (Fsp3) is 0.571. The standard InChI is InChI=1S/C21H30N2O4S/c1-13-7-6-8-14(2)16(13)11-22-19(25)18-21(4,5)28-12-23(18)17(24)10-9-15(3)20(26)27/h6-8,15,18H,9-12H2,1-5H3,(H,22,25)(H,26,27)/t15-,18-/m1/s1. The van der Waals surface area contributed by atoms with Crippen molar-refractivity contribution in [3.8, 4) is 0 Å². The van der Waals surface area contributed by atoms with Crippen LogP contribution in [0.3, 0.4) is 0 Å². The number of aliphatic carboxylic acids is 1. The van der Waals surface area contributed by atoms with Gasteiger partial charge in [0, 0.05) is 17.7 Å². The van der Waals surface area contributed by atoms with Gasteiger partial charge in [0.1, 0.15) is 6.04 Å². The SMILES string of the molecule is Cc1cccc(C)c1CNC(=O)[C@H]1N(C(=O)CC[C@@H](C)C(=O)O)CSC1(C)C. The smallest absolute Gasteiger partial charge is 0.306 e. The average molecular weight is 407 g/mol. The Morgan fingerprint density at radius 3 is 2.46 bits per heavy atom. The van der Waals surface area contributed by atoms with Crippen LogP contribution in [0.15, 0.2) is 18.2 Å². The molecule has 6 nitrogen and oxygen atoms in total. The fourth-order valence-corrected chi connectivity index (χ4v) is 4.60. The van der Waals surface area contributed by atoms with Gasteiger partial charge in [-0.25, -0.2) is 0 Å². The van der Waals surface area contributed by atoms with Crippen LogP contribution in [0.5, 0.6) is 0 Å². The van der Waals surface area contributed by atoms with E-state index in [1.165, 1.54) is 0 Å². The Morgan fingerprint density at radius 1 is 1.29 bits per heavy atom. The lowest BCUT2D eigenvalue weighted by atomic mass is 9.98. The number of thioether (sulfide) groups is 1. The van der Waals surface area contributed by atoms with E-state index in [1.54, 1.807) is 23.6 Å². The largest absolute Gasteiger partial charge is 0.481 e. The van der Waals surface area contributed by atoms with Gasteiger partial charge < -0.3 is 15.3 Å². The Labute approximate surface area is 171 Å². The zero-order valence-electron chi connectivity index (χ0n) is 17.2. The summed E-state index contributed by atoms with van der Waals surface area (Å²) in [6, 6.07) is 5.45. The number of hydrogen-bond acceptors (Lipinski definition) is 4. The molecule has 1 aromatic carbocycles. The topological polar surface area (TPSA) is 86.7 Å². The molecular formula is C21H30N2O4S. The maximum absolute atomic E-state index is 13.0. The van der Waals surface area contributed by atoms with Crippen LogP contribution in [0, 0.1) is 19.8 Å². The summed E-state index contributed by atoms with van der Waals surface area (Å²) in [6.45, 7) is 9.98. The van der Waals surface area contributed by atoms with Crippen molar-refractivity contribution in [1.29, 1.82) is 0 Å². The van der Waals surface area contributed by atoms with Crippen LogP contribution in [-0.4, -0.2) is 44.5 Å². The zero-order chi connectivity index (χ0) is 21.1. The Morgan fingerprint density at radius 2 is 1.89 bits per heavy atom. The molecule has 0 radical (unpaired) electrons. The summed E-state index contributed by atoms with van der Waals surface area (Å²) in [5.74, 6) is -1.39. The van der Waals surface area contributed by atoms with Crippen LogP contribution < -0.4 is 5.32 Å². The Kier molecular flexibility index (Phi) is 7.15. The molecule has 1 aliphatic rings. The molecule has 1 aliphatic heterocycles. The maximum Gasteiger partial charge on any atom is 0.306 e. The average Bonchev–Trinajstić information content (AvgIpc) is 2.93. The van der Waals surface area contributed by atoms with Crippen molar-refractivity contribution in [2.45, 2.75) is 64.8 Å². The van der Waals surface area contributed by atoms with E-state index in [2.05, 4.69) is 5.32 Å². The summed E-state index contributed by atoms with van der Waals surface area (Å²) in [4.78, 5) is 38.3. The quantitative estimate of drug-likeness (QED) is 0.727. The van der Waals surface area contributed by atoms with Gasteiger partial charge in [-0.2, -0.15) is 0 Å². The first-order chi connectivity index (χ1) is 13.0. The third-order valence-corrected chi connectivity index (χ3v) is 6.79. The first-order valence-electron chi connectivity index (χ1n) is 9.53. The van der Waals surface area contributed by atoms with Crippen LogP contribution in [-0.2, 0) is 20.9 Å². The van der Waals surface area contributed by atoms with E-state index in [-0.39, 0.29) is 24.7 Å². The molecule has 0 saturated carbocycles. The Bertz CT molecular complexity index is 743. The second-order valence-electron chi connectivity index (χ2n) is 8.01. The summed E-state index contributed by atoms with van der Waals surface area (Å²) in [7, 11) is 0. The molecule has 2 atom stereocenters. The molecule has 2 amide bonds. The van der Waals surface area contributed by atoms with Crippen molar-refractivity contribution in [2.75, 3.05) is 5.88 Å². The van der Waals surface area contributed by atoms with Gasteiger partial charge in [0.2, 0.25) is 11.8 Å². The molecule has 7 heteroatoms. The minimum Gasteiger partial charge on any atom is -0.481 e. The molecule has 1 aromatic rings. The van der Waals surface area contributed by atoms with Gasteiger partial charge in [-0.15, -0.1) is 11.8 Å². The van der Waals surface area contributed by atoms with Gasteiger partial charge in [0.25, 0.3) is 0 Å². The molecule has 1 heterocycles. The van der Waals surface area contributed by atoms with Gasteiger partial charge >= 0.3 is 5.97 Å². The molecule has 0 aromatic heterocycles. The Balaban J connectivity index is 2.07. The molecule has 28 heavy (non-hydrogen) atoms. The first kappa shape index (κ1) is 22.3. The number of carboxylic acids is 1. The normalized spacial score (nSPS) is 19.3. The molecular weight excluding hydrogens is 376 g/mol. The number of nitrogens with zero attached hydrogens (tertiary/aromatic N) is 1. The van der Waals surface area contributed by atoms with Crippen molar-refractivity contribution in [1.82, 2.24) is 10.2 Å². The summed E-state index contributed by atoms with van der Waals surface area (Å²) in [5, 5.41) is 12.0. The number of hydrogen-bond donors (Lipinski definition) is 2. The monoisotopic (exact) mass is 406 g/mol. The molecule has 0 bridgehead atoms. The second kappa shape index (κ2) is 8.99. The molecule has 154 valence electrons. The van der Waals surface area contributed by atoms with E-state index in [0.29, 0.717) is 12.4 Å². The minimum absolute atomic E-state index is 0.130. The van der Waals surface area contributed by atoms with Crippen molar-refractivity contribution in [3.05, 3.63) is 34.9 Å². The van der Waals surface area contributed by atoms with Crippen molar-refractivity contribution in [3.63, 3.8) is 0 Å². The molecule has 0 unspecified atom stereocenters. The summed E-state index contributed by atoms with van der Waals surface area (Å²) >= 11 is 1.57. The van der Waals surface area contributed by atoms with Crippen LogP contribution >= 0.6 is 11.8 Å². The number of rotatable bonds is 7. The van der Waals surface area contributed by atoms with Gasteiger partial charge in [0.15, 0.2) is 0 Å². The molecule has 2 rings (SSSR count). The number of benzene rings is 1. The molecule has 0 aliphatic carbocycles. The van der Waals surface area contributed by atoms with Crippen molar-refractivity contribution >= 4 is 29.5 Å². The van der Waals surface area contributed by atoms with E-state index in [4.69, 9.17) is 5.11 Å². The molecule has 1 fully saturated rings. The highest BCUT2D eigenvalue weighted by atomic mass is 32.2. The Hall–Kier alpha value is -2.02. The molecule has 2 N–H and O–H groups in total. The number of carboxylic acid groups (broad SMARTS) is 1. The van der Waals surface area contributed by atoms with E-state index >= 15 is 0 Å². The van der Waals surface area contributed by atoms with Gasteiger partial charge in [-0.1, -0.05) is 25.1 Å². The van der Waals surface area contributed by atoms with Crippen LogP contribution in [0.25, 0.3) is 0 Å². The predicted octanol–water partition coefficient (Wildman–Crippen LogP) is 3.10. The number of amides is 2. The third kappa shape index (κ3) is 5.07. The number of carbonyl (C=O) groups excluding carboxylic acids is 2. The third-order valence-electron chi connectivity index (χ3n) is 5.41. The lowest BCUT2D eigenvalue weighted by Crippen LogP contribution is -2.53. The highest BCUT2D eigenvalue weighted by Crippen LogP contribution is 2.39. The van der Waals surface area contributed by atoms with E-state index < -0.39 is 22.7 Å². The fourth-order valence-electron chi connectivity index (χ4n) is 3.44. The van der Waals surface area contributed by atoms with E-state index in [0.717, 1.165) is 16.7 Å². The van der Waals surface area contributed by atoms with Crippen LogP contribution in [0.1, 0.15) is 50.3 Å². The van der Waals surface area contributed by atoms with Gasteiger partial charge in [0.05, 0.1) is 11.8 Å². The summed E-state index contributed by atoms with van der Waals surface area (Å²) in [6.07, 6.45) is 0.400. The number of carbonyl (C=O) groups is 3. The highest BCUT2D eigenvalue weighted by Gasteiger charge is 2.47. The van der Waals surface area contributed by atoms with Crippen molar-refractivity contribution in [2.24, 2.45) is 5.92 Å². The summed E-state index contributed by atoms with van der Waals surface area (Å²) in [5.41, 5.74) is 3.33. The lowest BCUT2D eigenvalue weighted by Gasteiger charge is -2.30. The number of nitrogens with one attached hydrogen (secondary N) is 1. The lowest BCUT2D eigenvalue weighted by molar-refractivity contribution is -0.143. The van der Waals surface area contributed by atoms with E-state index in [9.17, 15) is 14.4 Å². The second-order valence-corrected chi connectivity index (χ2v) is 9.61. The summed E-state index contributed by atoms with van der Waals surface area (Å²) < 4.78 is -0.404. The number of aryl methyl sites for hydroxylation is 2. The van der Waals surface area contributed by atoms with Gasteiger partial charge in [-0.3, -0.25) is 14.4 Å². The first-order valence-corrected chi connectivity index (χ1v) is 10.5. The molecule has 1 saturated heterocycles. The van der Waals surface area contributed by atoms with E-state index in [1.807, 2.05) is 45.9 Å². The van der Waals surface area contributed by atoms with Crippen molar-refractivity contribution < 1.29 is 19.5 Å².